The largest absolute Gasteiger partial charge is 0.344 e. The molecule has 0 amide bonds. The number of thiazole rings is 1. The SMILES string of the molecule is Cc1csc2nc(CSc3n[nH]c(=O)n3Cc3ccccc3)cc(=O)n12. The fraction of sp³-hybridized carbons (Fsp3) is 0.176. The molecule has 0 unspecified atom stereocenters. The number of hydrogen-bond donors (Lipinski definition) is 1. The maximum atomic E-state index is 12.2. The summed E-state index contributed by atoms with van der Waals surface area (Å²) in [6.07, 6.45) is 0. The quantitative estimate of drug-likeness (QED) is 0.533. The molecule has 0 atom stereocenters. The summed E-state index contributed by atoms with van der Waals surface area (Å²) < 4.78 is 3.18. The highest BCUT2D eigenvalue weighted by Gasteiger charge is 2.12. The van der Waals surface area contributed by atoms with E-state index in [0.717, 1.165) is 11.3 Å². The van der Waals surface area contributed by atoms with Crippen molar-refractivity contribution >= 4 is 28.1 Å². The van der Waals surface area contributed by atoms with Gasteiger partial charge >= 0.3 is 5.69 Å². The fourth-order valence-corrected chi connectivity index (χ4v) is 4.36. The maximum Gasteiger partial charge on any atom is 0.344 e. The minimum Gasteiger partial charge on any atom is -0.269 e. The van der Waals surface area contributed by atoms with Crippen molar-refractivity contribution in [3.63, 3.8) is 0 Å². The summed E-state index contributed by atoms with van der Waals surface area (Å²) in [7, 11) is 0. The second-order valence-corrected chi connectivity index (χ2v) is 7.53. The number of aromatic amines is 1. The fourth-order valence-electron chi connectivity index (χ4n) is 2.63. The summed E-state index contributed by atoms with van der Waals surface area (Å²) in [6.45, 7) is 2.32. The van der Waals surface area contributed by atoms with Crippen molar-refractivity contribution in [3.8, 4) is 0 Å². The second-order valence-electron chi connectivity index (χ2n) is 5.75. The second kappa shape index (κ2) is 6.93. The van der Waals surface area contributed by atoms with Gasteiger partial charge in [0.05, 0.1) is 12.2 Å². The lowest BCUT2D eigenvalue weighted by Crippen LogP contribution is -2.18. The van der Waals surface area contributed by atoms with Gasteiger partial charge in [0.15, 0.2) is 10.1 Å². The van der Waals surface area contributed by atoms with Crippen LogP contribution in [-0.4, -0.2) is 24.1 Å². The van der Waals surface area contributed by atoms with Gasteiger partial charge in [0.2, 0.25) is 0 Å². The third-order valence-corrected chi connectivity index (χ3v) is 5.84. The van der Waals surface area contributed by atoms with E-state index in [9.17, 15) is 9.59 Å². The Morgan fingerprint density at radius 1 is 1.23 bits per heavy atom. The number of thioether (sulfide) groups is 1. The molecular formula is C17H15N5O2S2. The first kappa shape index (κ1) is 16.8. The van der Waals surface area contributed by atoms with E-state index < -0.39 is 0 Å². The van der Waals surface area contributed by atoms with Gasteiger partial charge in [0.25, 0.3) is 5.56 Å². The highest BCUT2D eigenvalue weighted by molar-refractivity contribution is 7.98. The zero-order valence-corrected chi connectivity index (χ0v) is 15.5. The Morgan fingerprint density at radius 3 is 2.85 bits per heavy atom. The van der Waals surface area contributed by atoms with Gasteiger partial charge in [-0.2, -0.15) is 0 Å². The predicted octanol–water partition coefficient (Wildman–Crippen LogP) is 2.29. The Kier molecular flexibility index (Phi) is 4.48. The lowest BCUT2D eigenvalue weighted by Gasteiger charge is -2.05. The molecular weight excluding hydrogens is 370 g/mol. The molecule has 3 heterocycles. The summed E-state index contributed by atoms with van der Waals surface area (Å²) >= 11 is 2.82. The number of benzene rings is 1. The summed E-state index contributed by atoms with van der Waals surface area (Å²) in [5.74, 6) is 0.460. The van der Waals surface area contributed by atoms with Crippen LogP contribution in [0.3, 0.4) is 0 Å². The Hall–Kier alpha value is -2.65. The number of aromatic nitrogens is 5. The lowest BCUT2D eigenvalue weighted by atomic mass is 10.2. The van der Waals surface area contributed by atoms with Crippen LogP contribution in [0.25, 0.3) is 4.96 Å². The molecule has 0 bridgehead atoms. The molecule has 0 fully saturated rings. The van der Waals surface area contributed by atoms with Crippen molar-refractivity contribution in [1.82, 2.24) is 24.1 Å². The van der Waals surface area contributed by atoms with Crippen molar-refractivity contribution in [2.45, 2.75) is 24.4 Å². The van der Waals surface area contributed by atoms with E-state index in [0.29, 0.717) is 28.1 Å². The molecule has 4 aromatic rings. The van der Waals surface area contributed by atoms with Gasteiger partial charge in [-0.15, -0.1) is 16.4 Å². The highest BCUT2D eigenvalue weighted by atomic mass is 32.2. The van der Waals surface area contributed by atoms with E-state index >= 15 is 0 Å². The number of nitrogens with zero attached hydrogens (tertiary/aromatic N) is 4. The van der Waals surface area contributed by atoms with E-state index in [4.69, 9.17) is 0 Å². The molecule has 1 aromatic carbocycles. The molecule has 3 aromatic heterocycles. The molecule has 26 heavy (non-hydrogen) atoms. The monoisotopic (exact) mass is 385 g/mol. The number of nitrogens with one attached hydrogen (secondary N) is 1. The molecule has 0 radical (unpaired) electrons. The van der Waals surface area contributed by atoms with Crippen LogP contribution in [0.2, 0.25) is 0 Å². The van der Waals surface area contributed by atoms with Crippen LogP contribution in [0.5, 0.6) is 0 Å². The highest BCUT2D eigenvalue weighted by Crippen LogP contribution is 2.20. The van der Waals surface area contributed by atoms with Crippen molar-refractivity contribution in [1.29, 1.82) is 0 Å². The standard InChI is InChI=1S/C17H15N5O2S2/c1-11-9-25-16-18-13(7-14(23)22(11)16)10-26-17-20-19-15(24)21(17)8-12-5-3-2-4-6-12/h2-7,9H,8,10H2,1H3,(H,19,24). The lowest BCUT2D eigenvalue weighted by molar-refractivity contribution is 0.687. The molecule has 0 saturated carbocycles. The smallest absolute Gasteiger partial charge is 0.269 e. The Morgan fingerprint density at radius 2 is 2.04 bits per heavy atom. The van der Waals surface area contributed by atoms with Crippen molar-refractivity contribution in [2.24, 2.45) is 0 Å². The number of hydrogen-bond acceptors (Lipinski definition) is 6. The van der Waals surface area contributed by atoms with Crippen LogP contribution in [-0.2, 0) is 12.3 Å². The molecule has 0 saturated heterocycles. The maximum absolute atomic E-state index is 12.2. The van der Waals surface area contributed by atoms with Crippen molar-refractivity contribution < 1.29 is 0 Å². The third kappa shape index (κ3) is 3.23. The van der Waals surface area contributed by atoms with Crippen LogP contribution in [0.1, 0.15) is 17.0 Å². The molecule has 0 aliphatic heterocycles. The van der Waals surface area contributed by atoms with Crippen LogP contribution in [0, 0.1) is 6.92 Å². The zero-order chi connectivity index (χ0) is 18.1. The van der Waals surface area contributed by atoms with E-state index in [1.807, 2.05) is 42.6 Å². The normalized spacial score (nSPS) is 11.3. The van der Waals surface area contributed by atoms with Crippen molar-refractivity contribution in [2.75, 3.05) is 0 Å². The van der Waals surface area contributed by atoms with Crippen LogP contribution in [0.15, 0.2) is 56.5 Å². The molecule has 0 aliphatic rings. The Labute approximate surface area is 156 Å². The summed E-state index contributed by atoms with van der Waals surface area (Å²) in [4.78, 5) is 29.5. The summed E-state index contributed by atoms with van der Waals surface area (Å²) in [6, 6.07) is 11.3. The zero-order valence-electron chi connectivity index (χ0n) is 13.9. The average Bonchev–Trinajstić information content (AvgIpc) is 3.18. The first-order valence-corrected chi connectivity index (χ1v) is 9.77. The van der Waals surface area contributed by atoms with Crippen LogP contribution in [0.4, 0.5) is 0 Å². The first-order valence-electron chi connectivity index (χ1n) is 7.90. The summed E-state index contributed by atoms with van der Waals surface area (Å²) in [5, 5.41) is 9.07. The van der Waals surface area contributed by atoms with Gasteiger partial charge in [0.1, 0.15) is 0 Å². The van der Waals surface area contributed by atoms with Crippen molar-refractivity contribution in [3.05, 3.63) is 79.6 Å². The number of H-pyrrole nitrogens is 1. The van der Waals surface area contributed by atoms with Crippen LogP contribution < -0.4 is 11.2 Å². The molecule has 9 heteroatoms. The van der Waals surface area contributed by atoms with E-state index in [1.165, 1.54) is 29.2 Å². The third-order valence-electron chi connectivity index (χ3n) is 3.88. The number of fused-ring (bicyclic) bond motifs is 1. The molecule has 132 valence electrons. The summed E-state index contributed by atoms with van der Waals surface area (Å²) in [5.41, 5.74) is 2.22. The Bertz CT molecular complexity index is 1170. The van der Waals surface area contributed by atoms with Gasteiger partial charge in [-0.1, -0.05) is 42.1 Å². The molecule has 4 rings (SSSR count). The van der Waals surface area contributed by atoms with E-state index in [2.05, 4.69) is 15.2 Å². The van der Waals surface area contributed by atoms with Gasteiger partial charge in [0, 0.05) is 22.9 Å². The van der Waals surface area contributed by atoms with Gasteiger partial charge in [-0.25, -0.2) is 14.9 Å². The number of aryl methyl sites for hydroxylation is 1. The van der Waals surface area contributed by atoms with Crippen LogP contribution >= 0.6 is 23.1 Å². The minimum atomic E-state index is -0.256. The minimum absolute atomic E-state index is 0.0898. The molecule has 0 spiro atoms. The predicted molar refractivity (Wildman–Crippen MR) is 102 cm³/mol. The number of rotatable bonds is 5. The van der Waals surface area contributed by atoms with Gasteiger partial charge in [-0.3, -0.25) is 13.8 Å². The topological polar surface area (TPSA) is 85.0 Å². The molecule has 0 aliphatic carbocycles. The molecule has 7 nitrogen and oxygen atoms in total. The van der Waals surface area contributed by atoms with E-state index in [-0.39, 0.29) is 11.2 Å². The van der Waals surface area contributed by atoms with Gasteiger partial charge in [-0.05, 0) is 12.5 Å². The average molecular weight is 385 g/mol. The molecule has 1 N–H and O–H groups in total. The first-order chi connectivity index (χ1) is 12.6. The van der Waals surface area contributed by atoms with Gasteiger partial charge < -0.3 is 0 Å². The van der Waals surface area contributed by atoms with E-state index in [1.54, 1.807) is 8.97 Å². The Balaban J connectivity index is 1.57.